The van der Waals surface area contributed by atoms with Crippen molar-refractivity contribution >= 4 is 17.9 Å². The maximum atomic E-state index is 12.5. The Balaban J connectivity index is 1.39. The molecule has 0 bridgehead atoms. The minimum absolute atomic E-state index is 0.0156. The van der Waals surface area contributed by atoms with Crippen LogP contribution in [0.2, 0.25) is 0 Å². The van der Waals surface area contributed by atoms with Gasteiger partial charge in [0.25, 0.3) is 0 Å². The van der Waals surface area contributed by atoms with Crippen LogP contribution in [0.3, 0.4) is 0 Å². The summed E-state index contributed by atoms with van der Waals surface area (Å²) in [5, 5.41) is 0. The standard InChI is InChI=1S/C20H29N3O3/c1-2-21-11-13-23(14-12-21)20(25)16-17-7-9-22(10-8-17)19(24)6-5-18-4-3-15-26-18/h3-6,15,17H,2,7-14,16H2,1H3/b6-5+. The molecule has 26 heavy (non-hydrogen) atoms. The third-order valence-electron chi connectivity index (χ3n) is 5.50. The van der Waals surface area contributed by atoms with Gasteiger partial charge in [-0.15, -0.1) is 0 Å². The second-order valence-corrected chi connectivity index (χ2v) is 7.14. The van der Waals surface area contributed by atoms with Gasteiger partial charge in [-0.25, -0.2) is 0 Å². The van der Waals surface area contributed by atoms with Gasteiger partial charge >= 0.3 is 0 Å². The summed E-state index contributed by atoms with van der Waals surface area (Å²) in [6, 6.07) is 3.62. The van der Waals surface area contributed by atoms with Gasteiger partial charge in [-0.1, -0.05) is 6.92 Å². The highest BCUT2D eigenvalue weighted by Gasteiger charge is 2.26. The van der Waals surface area contributed by atoms with E-state index in [1.807, 2.05) is 15.9 Å². The SMILES string of the molecule is CCN1CCN(C(=O)CC2CCN(C(=O)/C=C/c3ccco3)CC2)CC1. The predicted molar refractivity (Wildman–Crippen MR) is 100 cm³/mol. The molecule has 2 aliphatic heterocycles. The Morgan fingerprint density at radius 3 is 2.46 bits per heavy atom. The summed E-state index contributed by atoms with van der Waals surface area (Å²) >= 11 is 0. The predicted octanol–water partition coefficient (Wildman–Crippen LogP) is 2.09. The Hall–Kier alpha value is -2.08. The Bertz CT molecular complexity index is 610. The van der Waals surface area contributed by atoms with E-state index in [9.17, 15) is 9.59 Å². The molecule has 0 radical (unpaired) electrons. The summed E-state index contributed by atoms with van der Waals surface area (Å²) in [7, 11) is 0. The van der Waals surface area contributed by atoms with Gasteiger partial charge in [0.15, 0.2) is 0 Å². The first-order valence-electron chi connectivity index (χ1n) is 9.66. The van der Waals surface area contributed by atoms with Gasteiger partial charge in [-0.2, -0.15) is 0 Å². The van der Waals surface area contributed by atoms with Gasteiger partial charge < -0.3 is 19.1 Å². The largest absolute Gasteiger partial charge is 0.465 e. The minimum atomic E-state index is 0.0156. The highest BCUT2D eigenvalue weighted by Crippen LogP contribution is 2.22. The summed E-state index contributed by atoms with van der Waals surface area (Å²) in [5.74, 6) is 1.37. The molecule has 6 heteroatoms. The minimum Gasteiger partial charge on any atom is -0.465 e. The molecule has 0 unspecified atom stereocenters. The van der Waals surface area contributed by atoms with Gasteiger partial charge in [0.2, 0.25) is 11.8 Å². The zero-order valence-corrected chi connectivity index (χ0v) is 15.6. The molecule has 2 fully saturated rings. The van der Waals surface area contributed by atoms with E-state index in [-0.39, 0.29) is 11.8 Å². The summed E-state index contributed by atoms with van der Waals surface area (Å²) in [6.45, 7) is 8.34. The molecule has 2 saturated heterocycles. The molecule has 0 saturated carbocycles. The topological polar surface area (TPSA) is 57.0 Å². The van der Waals surface area contributed by atoms with Crippen LogP contribution in [0.4, 0.5) is 0 Å². The molecule has 0 aromatic carbocycles. The molecule has 1 aromatic heterocycles. The number of piperidine rings is 1. The molecule has 6 nitrogen and oxygen atoms in total. The molecule has 3 rings (SSSR count). The van der Waals surface area contributed by atoms with Gasteiger partial charge in [0.05, 0.1) is 6.26 Å². The summed E-state index contributed by atoms with van der Waals surface area (Å²) in [4.78, 5) is 31.0. The Morgan fingerprint density at radius 1 is 1.12 bits per heavy atom. The Morgan fingerprint density at radius 2 is 1.85 bits per heavy atom. The van der Waals surface area contributed by atoms with E-state index < -0.39 is 0 Å². The van der Waals surface area contributed by atoms with E-state index in [0.717, 1.165) is 58.7 Å². The van der Waals surface area contributed by atoms with Crippen molar-refractivity contribution in [3.63, 3.8) is 0 Å². The maximum absolute atomic E-state index is 12.5. The van der Waals surface area contributed by atoms with Crippen LogP contribution in [-0.4, -0.2) is 72.3 Å². The number of amides is 2. The van der Waals surface area contributed by atoms with Crippen LogP contribution in [0.1, 0.15) is 31.9 Å². The fraction of sp³-hybridized carbons (Fsp3) is 0.600. The van der Waals surface area contributed by atoms with Gasteiger partial charge in [-0.3, -0.25) is 9.59 Å². The lowest BCUT2D eigenvalue weighted by Crippen LogP contribution is -2.49. The number of hydrogen-bond acceptors (Lipinski definition) is 4. The fourth-order valence-electron chi connectivity index (χ4n) is 3.69. The first kappa shape index (κ1) is 18.7. The normalized spacial score (nSPS) is 20.0. The van der Waals surface area contributed by atoms with Crippen LogP contribution >= 0.6 is 0 Å². The van der Waals surface area contributed by atoms with E-state index in [2.05, 4.69) is 11.8 Å². The molecule has 1 aromatic rings. The molecular formula is C20H29N3O3. The first-order valence-corrected chi connectivity index (χ1v) is 9.66. The number of piperazine rings is 1. The Labute approximate surface area is 155 Å². The van der Waals surface area contributed by atoms with Crippen molar-refractivity contribution in [2.45, 2.75) is 26.2 Å². The quantitative estimate of drug-likeness (QED) is 0.756. The molecule has 3 heterocycles. The smallest absolute Gasteiger partial charge is 0.246 e. The second-order valence-electron chi connectivity index (χ2n) is 7.14. The maximum Gasteiger partial charge on any atom is 0.246 e. The van der Waals surface area contributed by atoms with Crippen LogP contribution in [0, 0.1) is 5.92 Å². The van der Waals surface area contributed by atoms with E-state index in [1.165, 1.54) is 0 Å². The second kappa shape index (κ2) is 9.03. The lowest BCUT2D eigenvalue weighted by atomic mass is 9.92. The van der Waals surface area contributed by atoms with Gasteiger partial charge in [-0.05, 0) is 43.5 Å². The van der Waals surface area contributed by atoms with E-state index in [4.69, 9.17) is 4.42 Å². The molecule has 142 valence electrons. The number of hydrogen-bond donors (Lipinski definition) is 0. The fourth-order valence-corrected chi connectivity index (χ4v) is 3.69. The van der Waals surface area contributed by atoms with Crippen LogP contribution in [-0.2, 0) is 9.59 Å². The molecule has 0 aliphatic carbocycles. The number of likely N-dealkylation sites (N-methyl/N-ethyl adjacent to an activating group) is 1. The van der Waals surface area contributed by atoms with E-state index in [0.29, 0.717) is 18.1 Å². The van der Waals surface area contributed by atoms with Crippen molar-refractivity contribution < 1.29 is 14.0 Å². The number of furan rings is 1. The van der Waals surface area contributed by atoms with Crippen molar-refractivity contribution in [2.75, 3.05) is 45.8 Å². The summed E-state index contributed by atoms with van der Waals surface area (Å²) < 4.78 is 5.20. The van der Waals surface area contributed by atoms with Crippen molar-refractivity contribution in [3.8, 4) is 0 Å². The highest BCUT2D eigenvalue weighted by atomic mass is 16.3. The molecular weight excluding hydrogens is 330 g/mol. The molecule has 0 N–H and O–H groups in total. The van der Waals surface area contributed by atoms with Crippen LogP contribution < -0.4 is 0 Å². The third kappa shape index (κ3) is 4.97. The zero-order chi connectivity index (χ0) is 18.4. The lowest BCUT2D eigenvalue weighted by Gasteiger charge is -2.36. The molecule has 2 aliphatic rings. The van der Waals surface area contributed by atoms with Crippen LogP contribution in [0.25, 0.3) is 6.08 Å². The summed E-state index contributed by atoms with van der Waals surface area (Å²) in [5.41, 5.74) is 0. The van der Waals surface area contributed by atoms with Crippen LogP contribution in [0.15, 0.2) is 28.9 Å². The van der Waals surface area contributed by atoms with Gasteiger partial charge in [0, 0.05) is 51.8 Å². The molecule has 0 atom stereocenters. The number of nitrogens with zero attached hydrogens (tertiary/aromatic N) is 3. The van der Waals surface area contributed by atoms with Crippen molar-refractivity contribution in [1.82, 2.24) is 14.7 Å². The number of likely N-dealkylation sites (tertiary alicyclic amines) is 1. The number of carbonyl (C=O) groups is 2. The van der Waals surface area contributed by atoms with Gasteiger partial charge in [0.1, 0.15) is 5.76 Å². The van der Waals surface area contributed by atoms with Crippen molar-refractivity contribution in [1.29, 1.82) is 0 Å². The Kier molecular flexibility index (Phi) is 6.50. The molecule has 0 spiro atoms. The third-order valence-corrected chi connectivity index (χ3v) is 5.50. The molecule has 2 amide bonds. The first-order chi connectivity index (χ1) is 12.7. The number of rotatable bonds is 5. The highest BCUT2D eigenvalue weighted by molar-refractivity contribution is 5.91. The lowest BCUT2D eigenvalue weighted by molar-refractivity contribution is -0.134. The zero-order valence-electron chi connectivity index (χ0n) is 15.6. The van der Waals surface area contributed by atoms with E-state index >= 15 is 0 Å². The monoisotopic (exact) mass is 359 g/mol. The summed E-state index contributed by atoms with van der Waals surface area (Å²) in [6.07, 6.45) is 7.29. The van der Waals surface area contributed by atoms with E-state index in [1.54, 1.807) is 24.5 Å². The number of carbonyl (C=O) groups excluding carboxylic acids is 2. The average molecular weight is 359 g/mol. The van der Waals surface area contributed by atoms with Crippen LogP contribution in [0.5, 0.6) is 0 Å². The van der Waals surface area contributed by atoms with Crippen molar-refractivity contribution in [3.05, 3.63) is 30.2 Å². The van der Waals surface area contributed by atoms with Crippen molar-refractivity contribution in [2.24, 2.45) is 5.92 Å². The average Bonchev–Trinajstić information content (AvgIpc) is 3.20.